The fourth-order valence-corrected chi connectivity index (χ4v) is 2.40. The van der Waals surface area contributed by atoms with Crippen LogP contribution in [0.25, 0.3) is 0 Å². The fraction of sp³-hybridized carbons (Fsp3) is 0.167. The summed E-state index contributed by atoms with van der Waals surface area (Å²) in [6.07, 6.45) is -0.557. The number of carbonyl (C=O) groups is 3. The molecule has 1 heterocycles. The Morgan fingerprint density at radius 3 is 2.60 bits per heavy atom. The van der Waals surface area contributed by atoms with Crippen LogP contribution in [-0.4, -0.2) is 31.1 Å². The lowest BCUT2D eigenvalue weighted by Gasteiger charge is -2.10. The van der Waals surface area contributed by atoms with E-state index in [0.717, 1.165) is 5.56 Å². The number of hydrogen-bond acceptors (Lipinski definition) is 5. The lowest BCUT2D eigenvalue weighted by atomic mass is 10.1. The second kappa shape index (κ2) is 7.48. The number of hydrogen-bond donors (Lipinski definition) is 2. The Balaban J connectivity index is 1.44. The van der Waals surface area contributed by atoms with Crippen LogP contribution in [0.15, 0.2) is 48.5 Å². The van der Waals surface area contributed by atoms with E-state index < -0.39 is 17.9 Å². The monoisotopic (exact) mass is 340 g/mol. The predicted octanol–water partition coefficient (Wildman–Crippen LogP) is 1.88. The van der Waals surface area contributed by atoms with Crippen LogP contribution in [0, 0.1) is 0 Å². The van der Waals surface area contributed by atoms with E-state index in [1.54, 1.807) is 18.2 Å². The quantitative estimate of drug-likeness (QED) is 0.618. The van der Waals surface area contributed by atoms with Gasteiger partial charge in [-0.1, -0.05) is 36.4 Å². The Hall–Kier alpha value is -3.35. The van der Waals surface area contributed by atoms with Crippen molar-refractivity contribution in [2.45, 2.75) is 6.61 Å². The molecule has 1 aliphatic rings. The van der Waals surface area contributed by atoms with Crippen molar-refractivity contribution >= 4 is 17.9 Å². The number of ether oxygens (including phenoxy) is 2. The van der Waals surface area contributed by atoms with Gasteiger partial charge in [0.05, 0.1) is 17.7 Å². The normalized spacial score (nSPS) is 12.3. The molecule has 0 atom stereocenters. The maximum Gasteiger partial charge on any atom is 0.407 e. The molecule has 1 aliphatic heterocycles. The van der Waals surface area contributed by atoms with E-state index >= 15 is 0 Å². The number of alkyl carbamates (subject to hydrolysis) is 1. The zero-order valence-corrected chi connectivity index (χ0v) is 13.3. The van der Waals surface area contributed by atoms with Crippen LogP contribution in [0.4, 0.5) is 4.79 Å². The second-order valence-corrected chi connectivity index (χ2v) is 5.30. The van der Waals surface area contributed by atoms with Gasteiger partial charge in [0.1, 0.15) is 19.0 Å². The van der Waals surface area contributed by atoms with Gasteiger partial charge in [-0.3, -0.25) is 14.9 Å². The summed E-state index contributed by atoms with van der Waals surface area (Å²) in [4.78, 5) is 34.9. The Labute approximate surface area is 143 Å². The third-order valence-electron chi connectivity index (χ3n) is 3.57. The van der Waals surface area contributed by atoms with Gasteiger partial charge in [0.25, 0.3) is 11.8 Å². The highest BCUT2D eigenvalue weighted by Crippen LogP contribution is 2.26. The summed E-state index contributed by atoms with van der Waals surface area (Å²) in [5.41, 5.74) is 1.40. The maximum atomic E-state index is 11.8. The van der Waals surface area contributed by atoms with E-state index in [2.05, 4.69) is 10.6 Å². The Kier molecular flexibility index (Phi) is 4.94. The maximum absolute atomic E-state index is 11.8. The minimum Gasteiger partial charge on any atom is -0.491 e. The molecule has 0 spiro atoms. The standard InChI is InChI=1S/C18H16N2O5/c21-16-13-7-4-8-14(15(13)17(22)20-16)24-10-9-19-18(23)25-11-12-5-2-1-3-6-12/h1-8H,9-11H2,(H,19,23)(H,20,21,22). The van der Waals surface area contributed by atoms with E-state index in [4.69, 9.17) is 9.47 Å². The molecule has 0 saturated carbocycles. The van der Waals surface area contributed by atoms with Crippen LogP contribution in [0.2, 0.25) is 0 Å². The molecule has 7 nitrogen and oxygen atoms in total. The van der Waals surface area contributed by atoms with Crippen molar-refractivity contribution in [3.05, 3.63) is 65.2 Å². The lowest BCUT2D eigenvalue weighted by Crippen LogP contribution is -2.28. The molecular weight excluding hydrogens is 324 g/mol. The first-order valence-electron chi connectivity index (χ1n) is 7.71. The highest BCUT2D eigenvalue weighted by atomic mass is 16.5. The van der Waals surface area contributed by atoms with Crippen molar-refractivity contribution in [2.24, 2.45) is 0 Å². The lowest BCUT2D eigenvalue weighted by molar-refractivity contribution is 0.0878. The van der Waals surface area contributed by atoms with Gasteiger partial charge in [0, 0.05) is 0 Å². The van der Waals surface area contributed by atoms with Crippen molar-refractivity contribution < 1.29 is 23.9 Å². The number of amides is 3. The van der Waals surface area contributed by atoms with Gasteiger partial charge >= 0.3 is 6.09 Å². The molecule has 0 unspecified atom stereocenters. The minimum absolute atomic E-state index is 0.137. The number of imide groups is 1. The average Bonchev–Trinajstić information content (AvgIpc) is 2.93. The largest absolute Gasteiger partial charge is 0.491 e. The molecule has 3 rings (SSSR count). The van der Waals surface area contributed by atoms with E-state index in [1.807, 2.05) is 30.3 Å². The van der Waals surface area contributed by atoms with Crippen LogP contribution >= 0.6 is 0 Å². The summed E-state index contributed by atoms with van der Waals surface area (Å²) in [5.74, 6) is -0.612. The van der Waals surface area contributed by atoms with Crippen molar-refractivity contribution in [3.63, 3.8) is 0 Å². The smallest absolute Gasteiger partial charge is 0.407 e. The van der Waals surface area contributed by atoms with Gasteiger partial charge in [0.2, 0.25) is 0 Å². The highest BCUT2D eigenvalue weighted by molar-refractivity contribution is 6.22. The summed E-state index contributed by atoms with van der Waals surface area (Å²) in [6.45, 7) is 0.521. The van der Waals surface area contributed by atoms with E-state index in [9.17, 15) is 14.4 Å². The zero-order chi connectivity index (χ0) is 17.6. The van der Waals surface area contributed by atoms with Crippen LogP contribution in [0.5, 0.6) is 5.75 Å². The van der Waals surface area contributed by atoms with Crippen LogP contribution in [0.1, 0.15) is 26.3 Å². The van der Waals surface area contributed by atoms with Gasteiger partial charge in [-0.25, -0.2) is 4.79 Å². The number of carbonyl (C=O) groups excluding carboxylic acids is 3. The molecule has 0 aromatic heterocycles. The summed E-state index contributed by atoms with van der Waals surface area (Å²) in [6, 6.07) is 14.1. The third kappa shape index (κ3) is 3.95. The first-order chi connectivity index (χ1) is 12.1. The molecule has 3 amide bonds. The van der Waals surface area contributed by atoms with Gasteiger partial charge in [-0.05, 0) is 17.7 Å². The summed E-state index contributed by atoms with van der Waals surface area (Å²) >= 11 is 0. The molecule has 0 bridgehead atoms. The molecule has 128 valence electrons. The molecule has 0 aliphatic carbocycles. The molecule has 2 aromatic rings. The second-order valence-electron chi connectivity index (χ2n) is 5.30. The number of benzene rings is 2. The first kappa shape index (κ1) is 16.5. The molecule has 0 saturated heterocycles. The molecular formula is C18H16N2O5. The molecule has 0 fully saturated rings. The molecule has 7 heteroatoms. The topological polar surface area (TPSA) is 93.7 Å². The van der Waals surface area contributed by atoms with Gasteiger partial charge < -0.3 is 14.8 Å². The summed E-state index contributed by atoms with van der Waals surface area (Å²) in [7, 11) is 0. The molecule has 0 radical (unpaired) electrons. The fourth-order valence-electron chi connectivity index (χ4n) is 2.40. The zero-order valence-electron chi connectivity index (χ0n) is 13.3. The number of rotatable bonds is 6. The van der Waals surface area contributed by atoms with Gasteiger partial charge in [0.15, 0.2) is 0 Å². The minimum atomic E-state index is -0.557. The van der Waals surface area contributed by atoms with Gasteiger partial charge in [-0.2, -0.15) is 0 Å². The van der Waals surface area contributed by atoms with Gasteiger partial charge in [-0.15, -0.1) is 0 Å². The van der Waals surface area contributed by atoms with Crippen molar-refractivity contribution in [3.8, 4) is 5.75 Å². The summed E-state index contributed by atoms with van der Waals surface area (Å²) in [5, 5.41) is 4.77. The van der Waals surface area contributed by atoms with E-state index in [0.29, 0.717) is 5.75 Å². The SMILES string of the molecule is O=C(NCCOc1cccc2c1C(=O)NC2=O)OCc1ccccc1. The van der Waals surface area contributed by atoms with Crippen LogP contribution in [-0.2, 0) is 11.3 Å². The Morgan fingerprint density at radius 2 is 1.80 bits per heavy atom. The van der Waals surface area contributed by atoms with Crippen LogP contribution in [0.3, 0.4) is 0 Å². The Bertz CT molecular complexity index is 804. The van der Waals surface area contributed by atoms with E-state index in [1.165, 1.54) is 0 Å². The summed E-state index contributed by atoms with van der Waals surface area (Å²) < 4.78 is 10.6. The molecule has 25 heavy (non-hydrogen) atoms. The molecule has 2 aromatic carbocycles. The van der Waals surface area contributed by atoms with Crippen LogP contribution < -0.4 is 15.4 Å². The highest BCUT2D eigenvalue weighted by Gasteiger charge is 2.29. The third-order valence-corrected chi connectivity index (χ3v) is 3.57. The predicted molar refractivity (Wildman–Crippen MR) is 88.4 cm³/mol. The molecule has 2 N–H and O–H groups in total. The van der Waals surface area contributed by atoms with Crippen molar-refractivity contribution in [2.75, 3.05) is 13.2 Å². The number of nitrogens with one attached hydrogen (secondary N) is 2. The average molecular weight is 340 g/mol. The van der Waals surface area contributed by atoms with E-state index in [-0.39, 0.29) is 30.9 Å². The first-order valence-corrected chi connectivity index (χ1v) is 7.71. The number of fused-ring (bicyclic) bond motifs is 1. The Morgan fingerprint density at radius 1 is 1.00 bits per heavy atom. The van der Waals surface area contributed by atoms with Crippen molar-refractivity contribution in [1.82, 2.24) is 10.6 Å². The van der Waals surface area contributed by atoms with Crippen molar-refractivity contribution in [1.29, 1.82) is 0 Å².